The van der Waals surface area contributed by atoms with Crippen LogP contribution in [0.5, 0.6) is 0 Å². The third-order valence-electron chi connectivity index (χ3n) is 5.53. The van der Waals surface area contributed by atoms with Gasteiger partial charge in [-0.3, -0.25) is 10.1 Å². The van der Waals surface area contributed by atoms with Gasteiger partial charge in [0.15, 0.2) is 0 Å². The first-order valence-electron chi connectivity index (χ1n) is 10.2. The SMILES string of the molecule is Cl.O=C(Nc1nnc(CCc2cccc3ccccc23)s1)c1ccc2c(c1)CCNC2. The summed E-state index contributed by atoms with van der Waals surface area (Å²) in [5.74, 6) is -0.131. The molecule has 0 bridgehead atoms. The molecule has 7 heteroatoms. The standard InChI is InChI=1S/C24H22N4OS.ClH/c29-23(19-8-9-20-15-25-13-12-18(20)14-19)26-24-28-27-22(30-24)11-10-17-6-3-5-16-4-1-2-7-21(16)17;/h1-9,14,25H,10-13,15H2,(H,26,28,29);1H. The largest absolute Gasteiger partial charge is 0.312 e. The number of rotatable bonds is 5. The number of benzene rings is 3. The van der Waals surface area contributed by atoms with Gasteiger partial charge >= 0.3 is 0 Å². The lowest BCUT2D eigenvalue weighted by Crippen LogP contribution is -2.24. The molecule has 0 radical (unpaired) electrons. The first-order chi connectivity index (χ1) is 14.8. The van der Waals surface area contributed by atoms with E-state index in [1.807, 2.05) is 18.2 Å². The van der Waals surface area contributed by atoms with Crippen LogP contribution in [0.2, 0.25) is 0 Å². The van der Waals surface area contributed by atoms with Gasteiger partial charge in [0.25, 0.3) is 5.91 Å². The molecule has 0 spiro atoms. The van der Waals surface area contributed by atoms with Crippen molar-refractivity contribution >= 4 is 45.6 Å². The fraction of sp³-hybridized carbons (Fsp3) is 0.208. The van der Waals surface area contributed by atoms with Gasteiger partial charge in [-0.15, -0.1) is 22.6 Å². The molecule has 1 aliphatic heterocycles. The van der Waals surface area contributed by atoms with Crippen molar-refractivity contribution in [2.24, 2.45) is 0 Å². The number of anilines is 1. The molecule has 3 aromatic carbocycles. The summed E-state index contributed by atoms with van der Waals surface area (Å²) in [4.78, 5) is 12.6. The van der Waals surface area contributed by atoms with E-state index in [1.54, 1.807) is 0 Å². The Labute approximate surface area is 191 Å². The third-order valence-corrected chi connectivity index (χ3v) is 6.43. The summed E-state index contributed by atoms with van der Waals surface area (Å²) in [5.41, 5.74) is 4.49. The summed E-state index contributed by atoms with van der Waals surface area (Å²) in [7, 11) is 0. The highest BCUT2D eigenvalue weighted by molar-refractivity contribution is 7.15. The lowest BCUT2D eigenvalue weighted by atomic mass is 9.98. The van der Waals surface area contributed by atoms with E-state index >= 15 is 0 Å². The molecule has 2 heterocycles. The van der Waals surface area contributed by atoms with Gasteiger partial charge in [0.2, 0.25) is 5.13 Å². The number of amides is 1. The molecule has 1 aromatic heterocycles. The number of carbonyl (C=O) groups is 1. The van der Waals surface area contributed by atoms with E-state index in [9.17, 15) is 4.79 Å². The Morgan fingerprint density at radius 3 is 2.81 bits per heavy atom. The minimum absolute atomic E-state index is 0. The number of nitrogens with zero attached hydrogens (tertiary/aromatic N) is 2. The van der Waals surface area contributed by atoms with Crippen LogP contribution in [0.1, 0.15) is 32.1 Å². The second-order valence-electron chi connectivity index (χ2n) is 7.50. The molecule has 5 rings (SSSR count). The number of aromatic nitrogens is 2. The van der Waals surface area contributed by atoms with E-state index in [4.69, 9.17) is 0 Å². The van der Waals surface area contributed by atoms with Crippen LogP contribution in [0.25, 0.3) is 10.8 Å². The highest BCUT2D eigenvalue weighted by Crippen LogP contribution is 2.23. The molecule has 4 aromatic rings. The highest BCUT2D eigenvalue weighted by Gasteiger charge is 2.14. The lowest BCUT2D eigenvalue weighted by Gasteiger charge is -2.17. The van der Waals surface area contributed by atoms with Gasteiger partial charge in [-0.25, -0.2) is 0 Å². The molecule has 0 saturated heterocycles. The molecule has 0 fully saturated rings. The molecule has 158 valence electrons. The van der Waals surface area contributed by atoms with Crippen molar-refractivity contribution in [2.45, 2.75) is 25.8 Å². The van der Waals surface area contributed by atoms with E-state index in [0.717, 1.165) is 37.4 Å². The second kappa shape index (κ2) is 9.56. The summed E-state index contributed by atoms with van der Waals surface area (Å²) in [6.45, 7) is 1.82. The maximum absolute atomic E-state index is 12.6. The number of hydrogen-bond donors (Lipinski definition) is 2. The summed E-state index contributed by atoms with van der Waals surface area (Å²) in [6.07, 6.45) is 2.64. The number of halogens is 1. The highest BCUT2D eigenvalue weighted by atomic mass is 35.5. The van der Waals surface area contributed by atoms with Gasteiger partial charge in [0.05, 0.1) is 0 Å². The van der Waals surface area contributed by atoms with Crippen LogP contribution in [-0.4, -0.2) is 22.6 Å². The summed E-state index contributed by atoms with van der Waals surface area (Å²) in [6, 6.07) is 20.7. The van der Waals surface area contributed by atoms with E-state index in [1.165, 1.54) is 38.8 Å². The summed E-state index contributed by atoms with van der Waals surface area (Å²) < 4.78 is 0. The molecule has 1 aliphatic rings. The maximum atomic E-state index is 12.6. The van der Waals surface area contributed by atoms with Crippen molar-refractivity contribution in [1.29, 1.82) is 0 Å². The maximum Gasteiger partial charge on any atom is 0.257 e. The van der Waals surface area contributed by atoms with Crippen LogP contribution in [0.15, 0.2) is 60.7 Å². The molecule has 0 saturated carbocycles. The summed E-state index contributed by atoms with van der Waals surface area (Å²) >= 11 is 1.45. The zero-order valence-corrected chi connectivity index (χ0v) is 18.6. The Kier molecular flexibility index (Phi) is 6.61. The molecule has 0 atom stereocenters. The van der Waals surface area contributed by atoms with Gasteiger partial charge in [-0.2, -0.15) is 0 Å². The summed E-state index contributed by atoms with van der Waals surface area (Å²) in [5, 5.41) is 18.7. The van der Waals surface area contributed by atoms with Gasteiger partial charge < -0.3 is 5.32 Å². The van der Waals surface area contributed by atoms with Crippen molar-refractivity contribution in [1.82, 2.24) is 15.5 Å². The van der Waals surface area contributed by atoms with Gasteiger partial charge in [-0.1, -0.05) is 59.9 Å². The molecule has 1 amide bonds. The fourth-order valence-electron chi connectivity index (χ4n) is 3.94. The topological polar surface area (TPSA) is 66.9 Å². The lowest BCUT2D eigenvalue weighted by molar-refractivity contribution is 0.102. The van der Waals surface area contributed by atoms with E-state index in [0.29, 0.717) is 10.7 Å². The van der Waals surface area contributed by atoms with Gasteiger partial charge in [0, 0.05) is 18.5 Å². The average molecular weight is 451 g/mol. The van der Waals surface area contributed by atoms with Crippen LogP contribution < -0.4 is 10.6 Å². The quantitative estimate of drug-likeness (QED) is 0.458. The van der Waals surface area contributed by atoms with Gasteiger partial charge in [0.1, 0.15) is 5.01 Å². The number of hydrogen-bond acceptors (Lipinski definition) is 5. The van der Waals surface area contributed by atoms with Crippen LogP contribution in [0.4, 0.5) is 5.13 Å². The van der Waals surface area contributed by atoms with Crippen molar-refractivity contribution in [3.8, 4) is 0 Å². The molecule has 5 nitrogen and oxygen atoms in total. The van der Waals surface area contributed by atoms with Crippen LogP contribution in [0.3, 0.4) is 0 Å². The monoisotopic (exact) mass is 450 g/mol. The molecule has 0 aliphatic carbocycles. The molecule has 31 heavy (non-hydrogen) atoms. The van der Waals surface area contributed by atoms with Crippen molar-refractivity contribution in [3.63, 3.8) is 0 Å². The zero-order valence-electron chi connectivity index (χ0n) is 16.9. The Bertz CT molecular complexity index is 1220. The average Bonchev–Trinajstić information content (AvgIpc) is 3.24. The van der Waals surface area contributed by atoms with Crippen molar-refractivity contribution in [2.75, 3.05) is 11.9 Å². The number of nitrogens with one attached hydrogen (secondary N) is 2. The minimum atomic E-state index is -0.131. The van der Waals surface area contributed by atoms with Crippen molar-refractivity contribution < 1.29 is 4.79 Å². The van der Waals surface area contributed by atoms with Crippen molar-refractivity contribution in [3.05, 3.63) is 87.9 Å². The zero-order chi connectivity index (χ0) is 20.3. The number of carbonyl (C=O) groups excluding carboxylic acids is 1. The Morgan fingerprint density at radius 2 is 1.87 bits per heavy atom. The minimum Gasteiger partial charge on any atom is -0.312 e. The van der Waals surface area contributed by atoms with Crippen LogP contribution >= 0.6 is 23.7 Å². The smallest absolute Gasteiger partial charge is 0.257 e. The normalized spacial score (nSPS) is 12.8. The first kappa shape index (κ1) is 21.4. The first-order valence-corrected chi connectivity index (χ1v) is 11.0. The Hall–Kier alpha value is -2.80. The molecule has 2 N–H and O–H groups in total. The number of aryl methyl sites for hydroxylation is 2. The van der Waals surface area contributed by atoms with E-state index in [-0.39, 0.29) is 18.3 Å². The number of fused-ring (bicyclic) bond motifs is 2. The van der Waals surface area contributed by atoms with Crippen LogP contribution in [-0.2, 0) is 25.8 Å². The van der Waals surface area contributed by atoms with E-state index in [2.05, 4.69) is 63.3 Å². The third kappa shape index (κ3) is 4.77. The fourth-order valence-corrected chi connectivity index (χ4v) is 4.68. The molecular weight excluding hydrogens is 428 g/mol. The second-order valence-corrected chi connectivity index (χ2v) is 8.57. The Morgan fingerprint density at radius 1 is 1.00 bits per heavy atom. The predicted molar refractivity (Wildman–Crippen MR) is 128 cm³/mol. The van der Waals surface area contributed by atoms with Gasteiger partial charge in [-0.05, 0) is 59.0 Å². The predicted octanol–water partition coefficient (Wildman–Crippen LogP) is 4.80. The molecule has 0 unspecified atom stereocenters. The molecular formula is C24H23ClN4OS. The van der Waals surface area contributed by atoms with E-state index < -0.39 is 0 Å². The Balaban J connectivity index is 0.00000231. The van der Waals surface area contributed by atoms with Crippen LogP contribution in [0, 0.1) is 0 Å².